The van der Waals surface area contributed by atoms with Gasteiger partial charge in [-0.3, -0.25) is 14.6 Å². The Labute approximate surface area is 231 Å². The average Bonchev–Trinajstić information content (AvgIpc) is 3.26. The first kappa shape index (κ1) is 33.0. The van der Waals surface area contributed by atoms with E-state index in [0.29, 0.717) is 22.5 Å². The van der Waals surface area contributed by atoms with Crippen LogP contribution in [0.3, 0.4) is 0 Å². The van der Waals surface area contributed by atoms with Crippen LogP contribution in [0.25, 0.3) is 10.2 Å². The van der Waals surface area contributed by atoms with Gasteiger partial charge in [0.1, 0.15) is 11.3 Å². The summed E-state index contributed by atoms with van der Waals surface area (Å²) in [5.74, 6) is 0.958. The zero-order valence-electron chi connectivity index (χ0n) is 24.3. The summed E-state index contributed by atoms with van der Waals surface area (Å²) in [6, 6.07) is 5.03. The van der Waals surface area contributed by atoms with Crippen molar-refractivity contribution in [2.45, 2.75) is 67.7 Å². The highest BCUT2D eigenvalue weighted by Gasteiger charge is 2.21. The van der Waals surface area contributed by atoms with Crippen LogP contribution in [0.15, 0.2) is 24.4 Å². The minimum Gasteiger partial charge on any atom is -0.496 e. The second kappa shape index (κ2) is 16.7. The quantitative estimate of drug-likeness (QED) is 0.290. The molecule has 3 rings (SSSR count). The van der Waals surface area contributed by atoms with Crippen LogP contribution in [0.2, 0.25) is 0 Å². The lowest BCUT2D eigenvalue weighted by Gasteiger charge is -2.15. The van der Waals surface area contributed by atoms with Crippen molar-refractivity contribution < 1.29 is 19.1 Å². The van der Waals surface area contributed by atoms with Gasteiger partial charge in [0.15, 0.2) is 0 Å². The number of pyridine rings is 1. The fourth-order valence-electron chi connectivity index (χ4n) is 4.17. The minimum absolute atomic E-state index is 0.201. The fraction of sp³-hybridized carbons (Fsp3) is 0.517. The largest absolute Gasteiger partial charge is 0.496 e. The predicted molar refractivity (Wildman–Crippen MR) is 157 cm³/mol. The Morgan fingerprint density at radius 3 is 2.39 bits per heavy atom. The van der Waals surface area contributed by atoms with Gasteiger partial charge in [-0.05, 0) is 50.3 Å². The monoisotopic (exact) mass is 544 g/mol. The molecule has 0 saturated carbocycles. The first-order chi connectivity index (χ1) is 18.1. The predicted octanol–water partition coefficient (Wildman–Crippen LogP) is 6.79. The van der Waals surface area contributed by atoms with Gasteiger partial charge in [-0.2, -0.15) is 0 Å². The van der Waals surface area contributed by atoms with Crippen LogP contribution < -0.4 is 15.8 Å². The number of carbonyl (C=O) groups excluding carboxylic acids is 2. The number of aromatic nitrogens is 2. The Hall–Kier alpha value is -3.04. The molecule has 38 heavy (non-hydrogen) atoms. The van der Waals surface area contributed by atoms with E-state index in [1.165, 1.54) is 50.0 Å². The van der Waals surface area contributed by atoms with Crippen LogP contribution in [-0.2, 0) is 4.74 Å². The van der Waals surface area contributed by atoms with Gasteiger partial charge >= 0.3 is 0 Å². The van der Waals surface area contributed by atoms with Crippen molar-refractivity contribution >= 4 is 39.1 Å². The molecule has 2 atom stereocenters. The van der Waals surface area contributed by atoms with E-state index in [-0.39, 0.29) is 11.3 Å². The smallest absolute Gasteiger partial charge is 0.261 e. The third-order valence-electron chi connectivity index (χ3n) is 5.67. The van der Waals surface area contributed by atoms with Crippen molar-refractivity contribution in [3.05, 3.63) is 46.2 Å². The third-order valence-corrected chi connectivity index (χ3v) is 6.67. The zero-order chi connectivity index (χ0) is 28.8. The number of carbonyl (C=O) groups is 2. The molecule has 2 unspecified atom stereocenters. The van der Waals surface area contributed by atoms with Crippen molar-refractivity contribution in [3.8, 4) is 5.75 Å². The number of thiazole rings is 1. The number of methoxy groups -OCH3 is 2. The summed E-state index contributed by atoms with van der Waals surface area (Å²) in [6.07, 6.45) is 5.38. The molecular formula is C29H44N4O4S. The first-order valence-corrected chi connectivity index (χ1v) is 13.9. The number of rotatable bonds is 10. The summed E-state index contributed by atoms with van der Waals surface area (Å²) < 4.78 is 11.1. The molecule has 0 radical (unpaired) electrons. The highest BCUT2D eigenvalue weighted by Crippen LogP contribution is 2.33. The van der Waals surface area contributed by atoms with Crippen molar-refractivity contribution in [3.63, 3.8) is 0 Å². The lowest BCUT2D eigenvalue weighted by Crippen LogP contribution is -2.19. The molecule has 8 nitrogen and oxygen atoms in total. The highest BCUT2D eigenvalue weighted by atomic mass is 32.1. The summed E-state index contributed by atoms with van der Waals surface area (Å²) in [5, 5.41) is 3.55. The summed E-state index contributed by atoms with van der Waals surface area (Å²) in [7, 11) is 3.27. The Morgan fingerprint density at radius 1 is 1.13 bits per heavy atom. The van der Waals surface area contributed by atoms with Crippen LogP contribution >= 0.6 is 11.3 Å². The fourth-order valence-corrected chi connectivity index (χ4v) is 5.12. The molecule has 0 aliphatic heterocycles. The molecule has 210 valence electrons. The molecule has 0 bridgehead atoms. The number of nitrogens with zero attached hydrogens (tertiary/aromatic N) is 2. The lowest BCUT2D eigenvalue weighted by atomic mass is 9.94. The van der Waals surface area contributed by atoms with E-state index in [0.717, 1.165) is 28.2 Å². The summed E-state index contributed by atoms with van der Waals surface area (Å²) in [6.45, 7) is 15.4. The van der Waals surface area contributed by atoms with E-state index in [9.17, 15) is 9.59 Å². The number of hydrogen-bond donors (Lipinski definition) is 2. The number of aryl methyl sites for hydroxylation is 2. The molecule has 0 saturated heterocycles. The molecule has 2 aromatic heterocycles. The van der Waals surface area contributed by atoms with Crippen LogP contribution in [-0.4, -0.2) is 42.6 Å². The summed E-state index contributed by atoms with van der Waals surface area (Å²) in [4.78, 5) is 33.0. The van der Waals surface area contributed by atoms with Crippen molar-refractivity contribution in [2.24, 2.45) is 17.6 Å². The van der Waals surface area contributed by atoms with E-state index in [2.05, 4.69) is 36.1 Å². The number of fused-ring (bicyclic) bond motifs is 1. The van der Waals surface area contributed by atoms with E-state index in [1.807, 2.05) is 20.8 Å². The number of benzene rings is 1. The molecule has 9 heteroatoms. The van der Waals surface area contributed by atoms with Gasteiger partial charge in [0.25, 0.3) is 11.8 Å². The summed E-state index contributed by atoms with van der Waals surface area (Å²) >= 11 is 1.40. The Bertz CT molecular complexity index is 1170. The number of hydrogen-bond acceptors (Lipinski definition) is 7. The van der Waals surface area contributed by atoms with Crippen LogP contribution in [0.1, 0.15) is 85.3 Å². The molecule has 0 aliphatic carbocycles. The average molecular weight is 545 g/mol. The number of ether oxygens (including phenoxy) is 2. The van der Waals surface area contributed by atoms with Crippen molar-refractivity contribution in [1.29, 1.82) is 0 Å². The molecule has 0 fully saturated rings. The summed E-state index contributed by atoms with van der Waals surface area (Å²) in [5.41, 5.74) is 7.56. The molecule has 0 spiro atoms. The van der Waals surface area contributed by atoms with Crippen molar-refractivity contribution in [2.75, 3.05) is 26.1 Å². The zero-order valence-corrected chi connectivity index (χ0v) is 25.1. The van der Waals surface area contributed by atoms with Crippen molar-refractivity contribution in [1.82, 2.24) is 9.97 Å². The molecular weight excluding hydrogens is 500 g/mol. The van der Waals surface area contributed by atoms with E-state index in [1.54, 1.807) is 26.2 Å². The van der Waals surface area contributed by atoms with E-state index < -0.39 is 11.8 Å². The van der Waals surface area contributed by atoms with Crippen LogP contribution in [0.4, 0.5) is 5.69 Å². The van der Waals surface area contributed by atoms with Gasteiger partial charge in [0.2, 0.25) is 0 Å². The topological polar surface area (TPSA) is 116 Å². The molecule has 2 amide bonds. The Balaban J connectivity index is 0.000000470. The van der Waals surface area contributed by atoms with E-state index >= 15 is 0 Å². The van der Waals surface area contributed by atoms with Gasteiger partial charge in [0, 0.05) is 19.4 Å². The van der Waals surface area contributed by atoms with Gasteiger partial charge < -0.3 is 20.5 Å². The van der Waals surface area contributed by atoms with Gasteiger partial charge in [0.05, 0.1) is 39.8 Å². The SMILES string of the molecule is CC.CCCC(C)CC(C)COC.COc1ccc2nc(C)sc2c1C(=O)Nc1cnc(C)cc1C(N)=O. The third kappa shape index (κ3) is 9.68. The number of nitrogens with one attached hydrogen (secondary N) is 1. The van der Waals surface area contributed by atoms with Gasteiger partial charge in [-0.15, -0.1) is 11.3 Å². The minimum atomic E-state index is -0.639. The highest BCUT2D eigenvalue weighted by molar-refractivity contribution is 7.19. The number of anilines is 1. The second-order valence-corrected chi connectivity index (χ2v) is 10.3. The van der Waals surface area contributed by atoms with Crippen LogP contribution in [0.5, 0.6) is 5.75 Å². The Morgan fingerprint density at radius 2 is 1.82 bits per heavy atom. The molecule has 2 heterocycles. The molecule has 0 aliphatic rings. The maximum absolute atomic E-state index is 12.9. The Kier molecular flexibility index (Phi) is 14.5. The second-order valence-electron chi connectivity index (χ2n) is 9.10. The maximum Gasteiger partial charge on any atom is 0.261 e. The number of primary amides is 1. The first-order valence-electron chi connectivity index (χ1n) is 13.1. The normalized spacial score (nSPS) is 11.9. The van der Waals surface area contributed by atoms with E-state index in [4.69, 9.17) is 15.2 Å². The molecule has 3 N–H and O–H groups in total. The standard InChI is InChI=1S/C17H16N4O3S.C10H22O.C2H6/c1-8-6-10(16(18)22)12(7-19-8)21-17(23)14-13(24-3)5-4-11-15(14)25-9(2)20-11;1-5-6-9(2)7-10(3)8-11-4;1-2/h4-7H,1-3H3,(H2,18,22)(H,21,23);9-10H,5-8H2,1-4H3;1-2H3. The van der Waals surface area contributed by atoms with Gasteiger partial charge in [-0.1, -0.05) is 47.5 Å². The molecule has 1 aromatic carbocycles. The van der Waals surface area contributed by atoms with Crippen LogP contribution in [0, 0.1) is 25.7 Å². The van der Waals surface area contributed by atoms with Gasteiger partial charge in [-0.25, -0.2) is 4.98 Å². The number of amides is 2. The molecule has 3 aromatic rings. The number of nitrogens with two attached hydrogens (primary N) is 1. The maximum atomic E-state index is 12.9. The lowest BCUT2D eigenvalue weighted by molar-refractivity contribution is 0.100.